The summed E-state index contributed by atoms with van der Waals surface area (Å²) < 4.78 is 6.40. The summed E-state index contributed by atoms with van der Waals surface area (Å²) in [6.45, 7) is 5.46. The Bertz CT molecular complexity index is 646. The van der Waals surface area contributed by atoms with E-state index in [1.807, 2.05) is 29.2 Å². The Hall–Kier alpha value is -2.08. The number of likely N-dealkylation sites (tertiary alicyclic amines) is 1. The summed E-state index contributed by atoms with van der Waals surface area (Å²) in [6, 6.07) is 7.28. The Balaban J connectivity index is 1.92. The number of carbonyl (C=O) groups is 2. The molecular weight excluding hydrogens is 306 g/mol. The van der Waals surface area contributed by atoms with Crippen LogP contribution in [-0.2, 0) is 16.1 Å². The van der Waals surface area contributed by atoms with Crippen molar-refractivity contribution in [1.29, 1.82) is 0 Å². The molecule has 2 unspecified atom stereocenters. The van der Waals surface area contributed by atoms with Crippen LogP contribution in [0.5, 0.6) is 5.75 Å². The molecular formula is C18H25N3O3. The molecule has 3 rings (SSSR count). The Morgan fingerprint density at radius 3 is 2.67 bits per heavy atom. The Labute approximate surface area is 142 Å². The highest BCUT2D eigenvalue weighted by atomic mass is 16.5. The second-order valence-electron chi connectivity index (χ2n) is 6.92. The quantitative estimate of drug-likeness (QED) is 0.837. The van der Waals surface area contributed by atoms with Gasteiger partial charge in [0.25, 0.3) is 0 Å². The number of para-hydroxylation sites is 1. The van der Waals surface area contributed by atoms with E-state index in [1.54, 1.807) is 18.7 Å². The van der Waals surface area contributed by atoms with Gasteiger partial charge >= 0.3 is 0 Å². The lowest BCUT2D eigenvalue weighted by Gasteiger charge is -2.44. The van der Waals surface area contributed by atoms with Crippen molar-refractivity contribution in [3.05, 3.63) is 29.8 Å². The maximum atomic E-state index is 12.3. The van der Waals surface area contributed by atoms with Gasteiger partial charge in [-0.3, -0.25) is 9.59 Å². The number of carbonyl (C=O) groups excluding carboxylic acids is 2. The lowest BCUT2D eigenvalue weighted by molar-refractivity contribution is -0.140. The fourth-order valence-electron chi connectivity index (χ4n) is 3.62. The summed E-state index contributed by atoms with van der Waals surface area (Å²) >= 11 is 0. The lowest BCUT2D eigenvalue weighted by atomic mass is 9.91. The Kier molecular flexibility index (Phi) is 4.49. The molecule has 2 N–H and O–H groups in total. The number of amides is 2. The van der Waals surface area contributed by atoms with Crippen LogP contribution in [-0.4, -0.2) is 52.9 Å². The summed E-state index contributed by atoms with van der Waals surface area (Å²) in [5.41, 5.74) is 6.20. The second-order valence-corrected chi connectivity index (χ2v) is 6.92. The van der Waals surface area contributed by atoms with Gasteiger partial charge < -0.3 is 20.3 Å². The molecule has 2 aliphatic heterocycles. The van der Waals surface area contributed by atoms with Crippen LogP contribution in [0.1, 0.15) is 32.3 Å². The Morgan fingerprint density at radius 2 is 1.96 bits per heavy atom. The van der Waals surface area contributed by atoms with Gasteiger partial charge in [0.1, 0.15) is 11.4 Å². The zero-order valence-corrected chi connectivity index (χ0v) is 14.3. The standard InChI is InChI=1S/C18H25N3O3/c1-13(19)17(23)20-9-5-8-18(11-20)12-21(14(2)22)10-15-6-3-4-7-16(15)24-18/h3-4,6-7,13H,5,8-12,19H2,1-2H3. The summed E-state index contributed by atoms with van der Waals surface area (Å²) in [5.74, 6) is 0.756. The molecule has 6 nitrogen and oxygen atoms in total. The molecule has 24 heavy (non-hydrogen) atoms. The summed E-state index contributed by atoms with van der Waals surface area (Å²) in [7, 11) is 0. The maximum Gasteiger partial charge on any atom is 0.239 e. The lowest BCUT2D eigenvalue weighted by Crippen LogP contribution is -2.60. The van der Waals surface area contributed by atoms with Crippen LogP contribution in [0.3, 0.4) is 0 Å². The van der Waals surface area contributed by atoms with Gasteiger partial charge in [0.2, 0.25) is 11.8 Å². The zero-order chi connectivity index (χ0) is 17.3. The van der Waals surface area contributed by atoms with E-state index in [4.69, 9.17) is 10.5 Å². The number of hydrogen-bond donors (Lipinski definition) is 1. The molecule has 2 atom stereocenters. The summed E-state index contributed by atoms with van der Waals surface area (Å²) in [5, 5.41) is 0. The normalized spacial score (nSPS) is 24.8. The molecule has 2 amide bonds. The molecule has 130 valence electrons. The molecule has 0 aromatic heterocycles. The predicted octanol–water partition coefficient (Wildman–Crippen LogP) is 1.14. The average Bonchev–Trinajstić information content (AvgIpc) is 2.70. The van der Waals surface area contributed by atoms with Crippen LogP contribution in [0.2, 0.25) is 0 Å². The average molecular weight is 331 g/mol. The third-order valence-corrected chi connectivity index (χ3v) is 4.83. The van der Waals surface area contributed by atoms with Crippen molar-refractivity contribution in [2.45, 2.75) is 44.9 Å². The Morgan fingerprint density at radius 1 is 1.25 bits per heavy atom. The van der Waals surface area contributed by atoms with Crippen molar-refractivity contribution in [1.82, 2.24) is 9.80 Å². The second kappa shape index (κ2) is 6.43. The number of nitrogens with zero attached hydrogens (tertiary/aromatic N) is 2. The highest BCUT2D eigenvalue weighted by Gasteiger charge is 2.43. The molecule has 1 aromatic carbocycles. The first-order valence-corrected chi connectivity index (χ1v) is 8.47. The van der Waals surface area contributed by atoms with Crippen LogP contribution < -0.4 is 10.5 Å². The van der Waals surface area contributed by atoms with Gasteiger partial charge in [0, 0.05) is 25.6 Å². The van der Waals surface area contributed by atoms with Gasteiger partial charge in [-0.25, -0.2) is 0 Å². The van der Waals surface area contributed by atoms with Crippen molar-refractivity contribution < 1.29 is 14.3 Å². The van der Waals surface area contributed by atoms with E-state index in [2.05, 4.69) is 0 Å². The first-order valence-electron chi connectivity index (χ1n) is 8.47. The molecule has 2 aliphatic rings. The smallest absolute Gasteiger partial charge is 0.239 e. The number of rotatable bonds is 1. The molecule has 6 heteroatoms. The topological polar surface area (TPSA) is 75.9 Å². The SMILES string of the molecule is CC(=O)N1Cc2ccccc2OC2(CCCN(C(=O)C(C)N)C2)C1. The number of fused-ring (bicyclic) bond motifs is 1. The van der Waals surface area contributed by atoms with Crippen molar-refractivity contribution >= 4 is 11.8 Å². The van der Waals surface area contributed by atoms with E-state index < -0.39 is 11.6 Å². The van der Waals surface area contributed by atoms with Crippen LogP contribution in [0, 0.1) is 0 Å². The predicted molar refractivity (Wildman–Crippen MR) is 90.4 cm³/mol. The third kappa shape index (κ3) is 3.24. The summed E-state index contributed by atoms with van der Waals surface area (Å²) in [6.07, 6.45) is 1.65. The number of benzene rings is 1. The molecule has 2 heterocycles. The van der Waals surface area contributed by atoms with Gasteiger partial charge in [-0.05, 0) is 25.8 Å². The molecule has 1 spiro atoms. The first-order chi connectivity index (χ1) is 11.4. The minimum atomic E-state index is -0.568. The van der Waals surface area contributed by atoms with Crippen molar-refractivity contribution in [3.63, 3.8) is 0 Å². The van der Waals surface area contributed by atoms with E-state index in [1.165, 1.54) is 0 Å². The van der Waals surface area contributed by atoms with Crippen molar-refractivity contribution in [2.24, 2.45) is 5.73 Å². The molecule has 0 radical (unpaired) electrons. The van der Waals surface area contributed by atoms with Gasteiger partial charge in [-0.1, -0.05) is 18.2 Å². The van der Waals surface area contributed by atoms with Gasteiger partial charge in [0.05, 0.1) is 19.1 Å². The third-order valence-electron chi connectivity index (χ3n) is 4.83. The molecule has 0 bridgehead atoms. The van der Waals surface area contributed by atoms with E-state index >= 15 is 0 Å². The van der Waals surface area contributed by atoms with E-state index in [9.17, 15) is 9.59 Å². The molecule has 0 saturated carbocycles. The van der Waals surface area contributed by atoms with E-state index in [0.717, 1.165) is 24.2 Å². The number of nitrogens with two attached hydrogens (primary N) is 1. The molecule has 1 fully saturated rings. The highest BCUT2D eigenvalue weighted by molar-refractivity contribution is 5.81. The van der Waals surface area contributed by atoms with Gasteiger partial charge in [0.15, 0.2) is 0 Å². The van der Waals surface area contributed by atoms with Crippen molar-refractivity contribution in [3.8, 4) is 5.75 Å². The summed E-state index contributed by atoms with van der Waals surface area (Å²) in [4.78, 5) is 28.0. The number of hydrogen-bond acceptors (Lipinski definition) is 4. The van der Waals surface area contributed by atoms with Crippen LogP contribution in [0.25, 0.3) is 0 Å². The van der Waals surface area contributed by atoms with Gasteiger partial charge in [-0.2, -0.15) is 0 Å². The maximum absolute atomic E-state index is 12.3. The largest absolute Gasteiger partial charge is 0.483 e. The van der Waals surface area contributed by atoms with E-state index in [0.29, 0.717) is 26.2 Å². The fourth-order valence-corrected chi connectivity index (χ4v) is 3.62. The monoisotopic (exact) mass is 331 g/mol. The van der Waals surface area contributed by atoms with E-state index in [-0.39, 0.29) is 11.8 Å². The van der Waals surface area contributed by atoms with Crippen LogP contribution >= 0.6 is 0 Å². The minimum Gasteiger partial charge on any atom is -0.483 e. The fraction of sp³-hybridized carbons (Fsp3) is 0.556. The van der Waals surface area contributed by atoms with Crippen molar-refractivity contribution in [2.75, 3.05) is 19.6 Å². The van der Waals surface area contributed by atoms with Crippen LogP contribution in [0.15, 0.2) is 24.3 Å². The zero-order valence-electron chi connectivity index (χ0n) is 14.3. The highest BCUT2D eigenvalue weighted by Crippen LogP contribution is 2.34. The number of piperidine rings is 1. The van der Waals surface area contributed by atoms with Crippen LogP contribution in [0.4, 0.5) is 0 Å². The molecule has 1 aromatic rings. The van der Waals surface area contributed by atoms with Gasteiger partial charge in [-0.15, -0.1) is 0 Å². The minimum absolute atomic E-state index is 0.0188. The number of ether oxygens (including phenoxy) is 1. The molecule has 1 saturated heterocycles. The molecule has 0 aliphatic carbocycles. The first kappa shape index (κ1) is 16.8.